The molecule has 2 rings (SSSR count). The van der Waals surface area contributed by atoms with Gasteiger partial charge in [-0.1, -0.05) is 38.1 Å². The van der Waals surface area contributed by atoms with Crippen LogP contribution in [0.25, 0.3) is 0 Å². The molecular weight excluding hydrogens is 216 g/mol. The number of ether oxygens (including phenoxy) is 1. The van der Waals surface area contributed by atoms with Crippen molar-refractivity contribution in [3.05, 3.63) is 35.4 Å². The number of rotatable bonds is 4. The molecule has 0 radical (unpaired) electrons. The van der Waals surface area contributed by atoms with Crippen molar-refractivity contribution >= 4 is 5.97 Å². The van der Waals surface area contributed by atoms with Gasteiger partial charge in [0.15, 0.2) is 0 Å². The zero-order valence-electron chi connectivity index (χ0n) is 10.3. The summed E-state index contributed by atoms with van der Waals surface area (Å²) >= 11 is 0. The minimum Gasteiger partial charge on any atom is -0.480 e. The van der Waals surface area contributed by atoms with Gasteiger partial charge < -0.3 is 9.84 Å². The van der Waals surface area contributed by atoms with Gasteiger partial charge in [0.2, 0.25) is 0 Å². The van der Waals surface area contributed by atoms with E-state index in [0.29, 0.717) is 5.92 Å². The Kier molecular flexibility index (Phi) is 3.20. The van der Waals surface area contributed by atoms with E-state index in [0.717, 1.165) is 12.0 Å². The molecule has 0 amide bonds. The lowest BCUT2D eigenvalue weighted by molar-refractivity contribution is -0.163. The Morgan fingerprint density at radius 1 is 1.41 bits per heavy atom. The van der Waals surface area contributed by atoms with Crippen LogP contribution in [0.3, 0.4) is 0 Å². The molecule has 0 aliphatic carbocycles. The third kappa shape index (κ3) is 1.95. The van der Waals surface area contributed by atoms with Crippen LogP contribution in [0, 0.1) is 0 Å². The van der Waals surface area contributed by atoms with Crippen molar-refractivity contribution in [2.24, 2.45) is 0 Å². The Morgan fingerprint density at radius 3 is 2.35 bits per heavy atom. The maximum atomic E-state index is 11.3. The maximum absolute atomic E-state index is 11.3. The van der Waals surface area contributed by atoms with Gasteiger partial charge in [-0.3, -0.25) is 4.79 Å². The van der Waals surface area contributed by atoms with Gasteiger partial charge in [-0.15, -0.1) is 0 Å². The molecule has 1 N–H and O–H groups in total. The Balaban J connectivity index is 2.26. The zero-order chi connectivity index (χ0) is 12.5. The lowest BCUT2D eigenvalue weighted by Gasteiger charge is -2.37. The second-order valence-electron chi connectivity index (χ2n) is 4.81. The lowest BCUT2D eigenvalue weighted by Crippen LogP contribution is -2.53. The van der Waals surface area contributed by atoms with E-state index in [9.17, 15) is 9.90 Å². The third-order valence-corrected chi connectivity index (χ3v) is 3.75. The van der Waals surface area contributed by atoms with Crippen LogP contribution < -0.4 is 0 Å². The highest BCUT2D eigenvalue weighted by Crippen LogP contribution is 2.33. The van der Waals surface area contributed by atoms with Gasteiger partial charge in [0.25, 0.3) is 0 Å². The normalized spacial score (nSPS) is 19.4. The van der Waals surface area contributed by atoms with E-state index in [4.69, 9.17) is 4.74 Å². The van der Waals surface area contributed by atoms with Crippen LogP contribution in [0.4, 0.5) is 0 Å². The average molecular weight is 234 g/mol. The summed E-state index contributed by atoms with van der Waals surface area (Å²) in [6.45, 7) is 4.89. The van der Waals surface area contributed by atoms with Crippen LogP contribution in [-0.4, -0.2) is 24.3 Å². The van der Waals surface area contributed by atoms with E-state index >= 15 is 0 Å². The molecule has 1 heterocycles. The van der Waals surface area contributed by atoms with E-state index in [1.54, 1.807) is 0 Å². The van der Waals surface area contributed by atoms with Gasteiger partial charge in [0, 0.05) is 0 Å². The van der Waals surface area contributed by atoms with Gasteiger partial charge in [0.05, 0.1) is 13.2 Å². The largest absolute Gasteiger partial charge is 0.480 e. The highest BCUT2D eigenvalue weighted by molar-refractivity contribution is 5.82. The van der Waals surface area contributed by atoms with E-state index in [1.165, 1.54) is 5.56 Å². The molecule has 1 fully saturated rings. The molecule has 1 aromatic carbocycles. The SMILES string of the molecule is CCC(C)c1ccc(C2(C(=O)O)COC2)cc1. The molecule has 17 heavy (non-hydrogen) atoms. The summed E-state index contributed by atoms with van der Waals surface area (Å²) in [6, 6.07) is 7.93. The summed E-state index contributed by atoms with van der Waals surface area (Å²) < 4.78 is 5.07. The summed E-state index contributed by atoms with van der Waals surface area (Å²) in [5, 5.41) is 9.28. The van der Waals surface area contributed by atoms with Crippen LogP contribution in [0.5, 0.6) is 0 Å². The van der Waals surface area contributed by atoms with Crippen molar-refractivity contribution in [2.45, 2.75) is 31.6 Å². The Hall–Kier alpha value is -1.35. The number of hydrogen-bond donors (Lipinski definition) is 1. The fourth-order valence-electron chi connectivity index (χ4n) is 2.09. The standard InChI is InChI=1S/C14H18O3/c1-3-10(2)11-4-6-12(7-5-11)14(13(15)16)8-17-9-14/h4-7,10H,3,8-9H2,1-2H3,(H,15,16). The number of aliphatic carboxylic acids is 1. The van der Waals surface area contributed by atoms with Gasteiger partial charge in [-0.2, -0.15) is 0 Å². The van der Waals surface area contributed by atoms with Gasteiger partial charge in [0.1, 0.15) is 5.41 Å². The van der Waals surface area contributed by atoms with Crippen molar-refractivity contribution in [3.8, 4) is 0 Å². The predicted octanol–water partition coefficient (Wildman–Crippen LogP) is 2.55. The molecule has 1 saturated heterocycles. The molecule has 1 aliphatic heterocycles. The summed E-state index contributed by atoms with van der Waals surface area (Å²) in [7, 11) is 0. The minimum atomic E-state index is -0.812. The molecule has 0 saturated carbocycles. The Bertz CT molecular complexity index is 404. The van der Waals surface area contributed by atoms with Gasteiger partial charge in [-0.25, -0.2) is 0 Å². The van der Waals surface area contributed by atoms with E-state index in [1.807, 2.05) is 24.3 Å². The molecular formula is C14H18O3. The lowest BCUT2D eigenvalue weighted by atomic mass is 9.78. The fourth-order valence-corrected chi connectivity index (χ4v) is 2.09. The number of hydrogen-bond acceptors (Lipinski definition) is 2. The predicted molar refractivity (Wildman–Crippen MR) is 65.3 cm³/mol. The van der Waals surface area contributed by atoms with Crippen LogP contribution in [0.15, 0.2) is 24.3 Å². The average Bonchev–Trinajstić information content (AvgIpc) is 2.27. The molecule has 1 atom stereocenters. The quantitative estimate of drug-likeness (QED) is 0.870. The topological polar surface area (TPSA) is 46.5 Å². The van der Waals surface area contributed by atoms with Crippen molar-refractivity contribution in [3.63, 3.8) is 0 Å². The molecule has 0 spiro atoms. The van der Waals surface area contributed by atoms with E-state index < -0.39 is 11.4 Å². The first-order chi connectivity index (χ1) is 8.10. The van der Waals surface area contributed by atoms with E-state index in [2.05, 4.69) is 13.8 Å². The summed E-state index contributed by atoms with van der Waals surface area (Å²) in [6.07, 6.45) is 1.09. The highest BCUT2D eigenvalue weighted by Gasteiger charge is 2.47. The molecule has 0 bridgehead atoms. The van der Waals surface area contributed by atoms with Crippen LogP contribution in [0.1, 0.15) is 37.3 Å². The molecule has 92 valence electrons. The molecule has 0 aromatic heterocycles. The van der Waals surface area contributed by atoms with Gasteiger partial charge >= 0.3 is 5.97 Å². The minimum absolute atomic E-state index is 0.283. The monoisotopic (exact) mass is 234 g/mol. The second-order valence-corrected chi connectivity index (χ2v) is 4.81. The molecule has 1 aliphatic rings. The van der Waals surface area contributed by atoms with Crippen LogP contribution in [0.2, 0.25) is 0 Å². The van der Waals surface area contributed by atoms with Crippen LogP contribution in [-0.2, 0) is 14.9 Å². The maximum Gasteiger partial charge on any atom is 0.318 e. The van der Waals surface area contributed by atoms with Gasteiger partial charge in [-0.05, 0) is 23.5 Å². The van der Waals surface area contributed by atoms with E-state index in [-0.39, 0.29) is 13.2 Å². The number of carboxylic acid groups (broad SMARTS) is 1. The first-order valence-corrected chi connectivity index (χ1v) is 6.01. The molecule has 1 aromatic rings. The highest BCUT2D eigenvalue weighted by atomic mass is 16.5. The second kappa shape index (κ2) is 4.49. The summed E-state index contributed by atoms with van der Waals surface area (Å²) in [4.78, 5) is 11.3. The summed E-state index contributed by atoms with van der Waals surface area (Å²) in [5.74, 6) is -0.275. The van der Waals surface area contributed by atoms with Crippen molar-refractivity contribution in [2.75, 3.05) is 13.2 Å². The Morgan fingerprint density at radius 2 is 2.00 bits per heavy atom. The van der Waals surface area contributed by atoms with Crippen molar-refractivity contribution in [1.29, 1.82) is 0 Å². The molecule has 3 nitrogen and oxygen atoms in total. The van der Waals surface area contributed by atoms with Crippen molar-refractivity contribution < 1.29 is 14.6 Å². The summed E-state index contributed by atoms with van der Waals surface area (Å²) in [5.41, 5.74) is 1.30. The molecule has 1 unspecified atom stereocenters. The van der Waals surface area contributed by atoms with Crippen molar-refractivity contribution in [1.82, 2.24) is 0 Å². The first kappa shape index (κ1) is 12.1. The van der Waals surface area contributed by atoms with Crippen LogP contribution >= 0.6 is 0 Å². The number of benzene rings is 1. The fraction of sp³-hybridized carbons (Fsp3) is 0.500. The number of carboxylic acids is 1. The Labute approximate surface area is 101 Å². The first-order valence-electron chi connectivity index (χ1n) is 6.01. The smallest absolute Gasteiger partial charge is 0.318 e. The zero-order valence-corrected chi connectivity index (χ0v) is 10.3. The molecule has 3 heteroatoms. The number of carbonyl (C=O) groups is 1. The third-order valence-electron chi connectivity index (χ3n) is 3.75.